The number of pyridine rings is 1. The van der Waals surface area contributed by atoms with Crippen molar-refractivity contribution in [2.24, 2.45) is 0 Å². The average molecular weight is 302 g/mol. The Bertz CT molecular complexity index is 742. The molecule has 1 N–H and O–H groups in total. The standard InChI is InChI=1S/C20H18N2O/c23-20(18-11-13-21-14-12-18)22-19(17-9-5-2-6-10-17)15-16-7-3-1-4-8-16/h1-14,19H,15H2,(H,22,23)/t19-/m0/s1. The maximum atomic E-state index is 12.5. The van der Waals surface area contributed by atoms with Crippen molar-refractivity contribution >= 4 is 5.91 Å². The molecule has 0 radical (unpaired) electrons. The van der Waals surface area contributed by atoms with Gasteiger partial charge in [-0.25, -0.2) is 0 Å². The number of carbonyl (C=O) groups excluding carboxylic acids is 1. The molecule has 0 aliphatic heterocycles. The molecular weight excluding hydrogens is 284 g/mol. The molecule has 0 bridgehead atoms. The summed E-state index contributed by atoms with van der Waals surface area (Å²) in [6.45, 7) is 0. The number of aromatic nitrogens is 1. The number of nitrogens with one attached hydrogen (secondary N) is 1. The van der Waals surface area contributed by atoms with Crippen LogP contribution in [0.2, 0.25) is 0 Å². The largest absolute Gasteiger partial charge is 0.345 e. The Morgan fingerprint density at radius 2 is 1.48 bits per heavy atom. The van der Waals surface area contributed by atoms with Gasteiger partial charge < -0.3 is 5.32 Å². The first-order valence-electron chi connectivity index (χ1n) is 7.63. The van der Waals surface area contributed by atoms with Crippen molar-refractivity contribution in [3.05, 3.63) is 102 Å². The predicted octanol–water partition coefficient (Wildman–Crippen LogP) is 3.80. The molecule has 0 aliphatic carbocycles. The Morgan fingerprint density at radius 1 is 0.870 bits per heavy atom. The van der Waals surface area contributed by atoms with Gasteiger partial charge >= 0.3 is 0 Å². The van der Waals surface area contributed by atoms with Crippen LogP contribution in [-0.4, -0.2) is 10.9 Å². The lowest BCUT2D eigenvalue weighted by atomic mass is 9.98. The SMILES string of the molecule is O=C(N[C@@H](Cc1ccccc1)c1ccccc1)c1ccncc1. The number of hydrogen-bond acceptors (Lipinski definition) is 2. The van der Waals surface area contributed by atoms with Crippen LogP contribution in [0, 0.1) is 0 Å². The van der Waals surface area contributed by atoms with Gasteiger partial charge in [-0.15, -0.1) is 0 Å². The highest BCUT2D eigenvalue weighted by Gasteiger charge is 2.16. The minimum absolute atomic E-state index is 0.0701. The fraction of sp³-hybridized carbons (Fsp3) is 0.100. The van der Waals surface area contributed by atoms with Crippen LogP contribution in [-0.2, 0) is 6.42 Å². The lowest BCUT2D eigenvalue weighted by molar-refractivity contribution is 0.0936. The zero-order valence-electron chi connectivity index (χ0n) is 12.7. The van der Waals surface area contributed by atoms with Gasteiger partial charge in [0, 0.05) is 18.0 Å². The average Bonchev–Trinajstić information content (AvgIpc) is 2.63. The van der Waals surface area contributed by atoms with Crippen LogP contribution in [0.15, 0.2) is 85.2 Å². The molecule has 0 fully saturated rings. The van der Waals surface area contributed by atoms with E-state index in [-0.39, 0.29) is 11.9 Å². The quantitative estimate of drug-likeness (QED) is 0.779. The Hall–Kier alpha value is -2.94. The van der Waals surface area contributed by atoms with E-state index in [1.54, 1.807) is 24.5 Å². The molecule has 3 rings (SSSR count). The van der Waals surface area contributed by atoms with Gasteiger partial charge in [0.05, 0.1) is 6.04 Å². The molecule has 0 saturated heterocycles. The maximum Gasteiger partial charge on any atom is 0.251 e. The topological polar surface area (TPSA) is 42.0 Å². The Kier molecular flexibility index (Phi) is 4.79. The van der Waals surface area contributed by atoms with Crippen LogP contribution in [0.25, 0.3) is 0 Å². The van der Waals surface area contributed by atoms with Gasteiger partial charge in [0.1, 0.15) is 0 Å². The second kappa shape index (κ2) is 7.36. The van der Waals surface area contributed by atoms with E-state index in [2.05, 4.69) is 22.4 Å². The van der Waals surface area contributed by atoms with Crippen LogP contribution < -0.4 is 5.32 Å². The van der Waals surface area contributed by atoms with E-state index in [1.165, 1.54) is 5.56 Å². The summed E-state index contributed by atoms with van der Waals surface area (Å²) in [5.74, 6) is -0.0859. The van der Waals surface area contributed by atoms with E-state index in [1.807, 2.05) is 48.5 Å². The third kappa shape index (κ3) is 4.04. The van der Waals surface area contributed by atoms with E-state index >= 15 is 0 Å². The molecule has 1 atom stereocenters. The van der Waals surface area contributed by atoms with Crippen LogP contribution in [0.3, 0.4) is 0 Å². The Labute approximate surface area is 136 Å². The number of rotatable bonds is 5. The van der Waals surface area contributed by atoms with E-state index in [0.717, 1.165) is 12.0 Å². The second-order valence-corrected chi connectivity index (χ2v) is 5.36. The van der Waals surface area contributed by atoms with Crippen molar-refractivity contribution in [3.8, 4) is 0 Å². The van der Waals surface area contributed by atoms with Crippen LogP contribution in [0.4, 0.5) is 0 Å². The molecule has 1 heterocycles. The fourth-order valence-electron chi connectivity index (χ4n) is 2.53. The second-order valence-electron chi connectivity index (χ2n) is 5.36. The summed E-state index contributed by atoms with van der Waals surface area (Å²) in [5, 5.41) is 3.13. The maximum absolute atomic E-state index is 12.5. The lowest BCUT2D eigenvalue weighted by Gasteiger charge is -2.19. The molecule has 1 aromatic heterocycles. The molecule has 0 spiro atoms. The van der Waals surface area contributed by atoms with E-state index in [9.17, 15) is 4.79 Å². The highest BCUT2D eigenvalue weighted by atomic mass is 16.1. The van der Waals surface area contributed by atoms with Crippen LogP contribution >= 0.6 is 0 Å². The molecule has 0 saturated carbocycles. The third-order valence-corrected chi connectivity index (χ3v) is 3.73. The van der Waals surface area contributed by atoms with Gasteiger partial charge in [0.2, 0.25) is 0 Å². The monoisotopic (exact) mass is 302 g/mol. The van der Waals surface area contributed by atoms with Gasteiger partial charge in [0.25, 0.3) is 5.91 Å². The van der Waals surface area contributed by atoms with E-state index in [0.29, 0.717) is 5.56 Å². The van der Waals surface area contributed by atoms with Gasteiger partial charge in [0.15, 0.2) is 0 Å². The number of hydrogen-bond donors (Lipinski definition) is 1. The highest BCUT2D eigenvalue weighted by Crippen LogP contribution is 2.19. The third-order valence-electron chi connectivity index (χ3n) is 3.73. The molecule has 1 amide bonds. The molecule has 114 valence electrons. The highest BCUT2D eigenvalue weighted by molar-refractivity contribution is 5.94. The number of benzene rings is 2. The molecule has 0 unspecified atom stereocenters. The fourth-order valence-corrected chi connectivity index (χ4v) is 2.53. The molecule has 3 nitrogen and oxygen atoms in total. The minimum atomic E-state index is -0.0859. The van der Waals surface area contributed by atoms with Gasteiger partial charge in [-0.3, -0.25) is 9.78 Å². The van der Waals surface area contributed by atoms with Crippen molar-refractivity contribution in [2.45, 2.75) is 12.5 Å². The number of amides is 1. The van der Waals surface area contributed by atoms with E-state index < -0.39 is 0 Å². The summed E-state index contributed by atoms with van der Waals surface area (Å²) in [5.41, 5.74) is 2.91. The molecule has 2 aromatic carbocycles. The van der Waals surface area contributed by atoms with Crippen molar-refractivity contribution in [2.75, 3.05) is 0 Å². The zero-order chi connectivity index (χ0) is 15.9. The normalized spacial score (nSPS) is 11.7. The van der Waals surface area contributed by atoms with Crippen molar-refractivity contribution < 1.29 is 4.79 Å². The van der Waals surface area contributed by atoms with Gasteiger partial charge in [-0.05, 0) is 29.7 Å². The first kappa shape index (κ1) is 15.0. The van der Waals surface area contributed by atoms with Crippen LogP contribution in [0.1, 0.15) is 27.5 Å². The summed E-state index contributed by atoms with van der Waals surface area (Å²) in [6.07, 6.45) is 4.01. The zero-order valence-corrected chi connectivity index (χ0v) is 12.7. The molecule has 3 heteroatoms. The van der Waals surface area contributed by atoms with Crippen molar-refractivity contribution in [3.63, 3.8) is 0 Å². The van der Waals surface area contributed by atoms with Gasteiger partial charge in [-0.2, -0.15) is 0 Å². The molecule has 0 aliphatic rings. The number of carbonyl (C=O) groups is 1. The first-order chi connectivity index (χ1) is 11.3. The Balaban J connectivity index is 1.82. The summed E-state index contributed by atoms with van der Waals surface area (Å²) < 4.78 is 0. The minimum Gasteiger partial charge on any atom is -0.345 e. The van der Waals surface area contributed by atoms with Crippen LogP contribution in [0.5, 0.6) is 0 Å². The Morgan fingerprint density at radius 3 is 2.13 bits per heavy atom. The molecule has 3 aromatic rings. The lowest BCUT2D eigenvalue weighted by Crippen LogP contribution is -2.30. The summed E-state index contributed by atoms with van der Waals surface area (Å²) >= 11 is 0. The molecular formula is C20H18N2O. The smallest absolute Gasteiger partial charge is 0.251 e. The molecule has 23 heavy (non-hydrogen) atoms. The predicted molar refractivity (Wildman–Crippen MR) is 91.0 cm³/mol. The summed E-state index contributed by atoms with van der Waals surface area (Å²) in [6, 6.07) is 23.6. The first-order valence-corrected chi connectivity index (χ1v) is 7.63. The van der Waals surface area contributed by atoms with Gasteiger partial charge in [-0.1, -0.05) is 60.7 Å². The van der Waals surface area contributed by atoms with Crippen molar-refractivity contribution in [1.82, 2.24) is 10.3 Å². The summed E-state index contributed by atoms with van der Waals surface area (Å²) in [4.78, 5) is 16.4. The van der Waals surface area contributed by atoms with E-state index in [4.69, 9.17) is 0 Å². The number of nitrogens with zero attached hydrogens (tertiary/aromatic N) is 1. The van der Waals surface area contributed by atoms with Crippen molar-refractivity contribution in [1.29, 1.82) is 0 Å². The summed E-state index contributed by atoms with van der Waals surface area (Å²) in [7, 11) is 0.